The summed E-state index contributed by atoms with van der Waals surface area (Å²) in [6, 6.07) is 9.78. The Morgan fingerprint density at radius 2 is 1.79 bits per heavy atom. The normalized spacial score (nSPS) is 13.4. The Morgan fingerprint density at radius 1 is 1.21 bits per heavy atom. The molecule has 0 saturated carbocycles. The molecule has 0 saturated heterocycles. The van der Waals surface area contributed by atoms with E-state index in [4.69, 9.17) is 4.74 Å². The second-order valence-corrected chi connectivity index (χ2v) is 6.12. The van der Waals surface area contributed by atoms with Gasteiger partial charge in [0, 0.05) is 6.54 Å². The summed E-state index contributed by atoms with van der Waals surface area (Å²) in [7, 11) is 0. The van der Waals surface area contributed by atoms with Gasteiger partial charge in [-0.25, -0.2) is 0 Å². The highest BCUT2D eigenvalue weighted by molar-refractivity contribution is 5.76. The van der Waals surface area contributed by atoms with Crippen LogP contribution in [0.25, 0.3) is 0 Å². The summed E-state index contributed by atoms with van der Waals surface area (Å²) in [4.78, 5) is 12.1. The minimum absolute atomic E-state index is 0.182. The van der Waals surface area contributed by atoms with Crippen molar-refractivity contribution in [1.82, 2.24) is 5.32 Å². The van der Waals surface area contributed by atoms with Crippen LogP contribution >= 0.6 is 0 Å². The number of rotatable bonds is 5. The molecule has 19 heavy (non-hydrogen) atoms. The number of hydrogen-bond acceptors (Lipinski definition) is 3. The van der Waals surface area contributed by atoms with Crippen LogP contribution in [-0.2, 0) is 16.1 Å². The Labute approximate surface area is 116 Å². The van der Waals surface area contributed by atoms with Gasteiger partial charge in [0.05, 0.1) is 0 Å². The molecule has 1 unspecified atom stereocenters. The number of ether oxygens (including phenoxy) is 1. The molecule has 3 heteroatoms. The van der Waals surface area contributed by atoms with E-state index in [1.165, 1.54) is 0 Å². The van der Waals surface area contributed by atoms with E-state index in [2.05, 4.69) is 5.32 Å². The van der Waals surface area contributed by atoms with Gasteiger partial charge in [0.25, 0.3) is 0 Å². The van der Waals surface area contributed by atoms with E-state index in [0.717, 1.165) is 5.56 Å². The summed E-state index contributed by atoms with van der Waals surface area (Å²) in [6.07, 6.45) is 0. The van der Waals surface area contributed by atoms with Gasteiger partial charge in [-0.3, -0.25) is 4.79 Å². The predicted octanol–water partition coefficient (Wildman–Crippen LogP) is 3.14. The lowest BCUT2D eigenvalue weighted by Gasteiger charge is -2.26. The molecule has 3 nitrogen and oxygen atoms in total. The minimum Gasteiger partial charge on any atom is -0.459 e. The highest BCUT2D eigenvalue weighted by Gasteiger charge is 2.27. The fraction of sp³-hybridized carbons (Fsp3) is 0.562. The van der Waals surface area contributed by atoms with Gasteiger partial charge >= 0.3 is 5.97 Å². The summed E-state index contributed by atoms with van der Waals surface area (Å²) >= 11 is 0. The van der Waals surface area contributed by atoms with E-state index in [0.29, 0.717) is 6.54 Å². The molecule has 0 heterocycles. The zero-order valence-corrected chi connectivity index (χ0v) is 12.6. The molecular formula is C16H25NO2. The topological polar surface area (TPSA) is 38.3 Å². The van der Waals surface area contributed by atoms with Gasteiger partial charge in [-0.1, -0.05) is 44.2 Å². The average molecular weight is 263 g/mol. The van der Waals surface area contributed by atoms with Crippen LogP contribution in [0.15, 0.2) is 30.3 Å². The number of hydrogen-bond donors (Lipinski definition) is 1. The molecule has 106 valence electrons. The molecule has 1 rings (SSSR count). The first-order chi connectivity index (χ1) is 8.79. The standard InChI is InChI=1S/C16H25NO2/c1-12(2)14(15(18)19-16(3,4)5)17-11-13-9-7-6-8-10-13/h6-10,12,14,17H,11H2,1-5H3. The number of carbonyl (C=O) groups is 1. The molecule has 0 aliphatic heterocycles. The van der Waals surface area contributed by atoms with Crippen LogP contribution in [-0.4, -0.2) is 17.6 Å². The third-order valence-electron chi connectivity index (χ3n) is 2.70. The van der Waals surface area contributed by atoms with Crippen molar-refractivity contribution >= 4 is 5.97 Å². The summed E-state index contributed by atoms with van der Waals surface area (Å²) in [5.41, 5.74) is 0.718. The second-order valence-electron chi connectivity index (χ2n) is 6.12. The van der Waals surface area contributed by atoms with E-state index >= 15 is 0 Å². The maximum Gasteiger partial charge on any atom is 0.323 e. The Kier molecular flexibility index (Phi) is 5.55. The monoisotopic (exact) mass is 263 g/mol. The zero-order valence-electron chi connectivity index (χ0n) is 12.6. The zero-order chi connectivity index (χ0) is 14.5. The first-order valence-corrected chi connectivity index (χ1v) is 6.80. The summed E-state index contributed by atoms with van der Waals surface area (Å²) in [5.74, 6) is 0.0111. The van der Waals surface area contributed by atoms with Gasteiger partial charge in [0.15, 0.2) is 0 Å². The molecule has 0 aliphatic carbocycles. The van der Waals surface area contributed by atoms with Gasteiger partial charge in [-0.2, -0.15) is 0 Å². The third kappa shape index (κ3) is 5.88. The average Bonchev–Trinajstić information content (AvgIpc) is 2.27. The fourth-order valence-corrected chi connectivity index (χ4v) is 1.78. The highest BCUT2D eigenvalue weighted by Crippen LogP contribution is 2.13. The Bertz CT molecular complexity index is 393. The van der Waals surface area contributed by atoms with Gasteiger partial charge in [0.2, 0.25) is 0 Å². The number of esters is 1. The lowest BCUT2D eigenvalue weighted by molar-refractivity contribution is -0.158. The molecular weight excluding hydrogens is 238 g/mol. The molecule has 0 aliphatic rings. The van der Waals surface area contributed by atoms with Crippen molar-refractivity contribution in [2.24, 2.45) is 5.92 Å². The summed E-state index contributed by atoms with van der Waals surface area (Å²) in [5, 5.41) is 3.28. The lowest BCUT2D eigenvalue weighted by atomic mass is 10.0. The first kappa shape index (κ1) is 15.7. The van der Waals surface area contributed by atoms with E-state index in [1.54, 1.807) is 0 Å². The largest absolute Gasteiger partial charge is 0.459 e. The molecule has 0 amide bonds. The maximum atomic E-state index is 12.1. The molecule has 1 N–H and O–H groups in total. The van der Waals surface area contributed by atoms with Gasteiger partial charge in [-0.05, 0) is 32.3 Å². The molecule has 1 atom stereocenters. The van der Waals surface area contributed by atoms with E-state index in [-0.39, 0.29) is 17.9 Å². The van der Waals surface area contributed by atoms with Crippen LogP contribution in [0.1, 0.15) is 40.2 Å². The Balaban J connectivity index is 2.61. The highest BCUT2D eigenvalue weighted by atomic mass is 16.6. The van der Waals surface area contributed by atoms with Crippen molar-refractivity contribution in [2.45, 2.75) is 52.8 Å². The smallest absolute Gasteiger partial charge is 0.323 e. The summed E-state index contributed by atoms with van der Waals surface area (Å²) < 4.78 is 5.45. The molecule has 1 aromatic rings. The Hall–Kier alpha value is -1.35. The van der Waals surface area contributed by atoms with Crippen LogP contribution < -0.4 is 5.32 Å². The molecule has 0 radical (unpaired) electrons. The van der Waals surface area contributed by atoms with Crippen molar-refractivity contribution in [3.8, 4) is 0 Å². The summed E-state index contributed by atoms with van der Waals surface area (Å²) in [6.45, 7) is 10.4. The molecule has 0 fully saturated rings. The van der Waals surface area contributed by atoms with Gasteiger partial charge in [-0.15, -0.1) is 0 Å². The lowest BCUT2D eigenvalue weighted by Crippen LogP contribution is -2.44. The minimum atomic E-state index is -0.446. The second kappa shape index (κ2) is 6.71. The van der Waals surface area contributed by atoms with Crippen LogP contribution in [0, 0.1) is 5.92 Å². The molecule has 0 aromatic heterocycles. The van der Waals surface area contributed by atoms with Crippen molar-refractivity contribution in [1.29, 1.82) is 0 Å². The first-order valence-electron chi connectivity index (χ1n) is 6.80. The molecule has 0 bridgehead atoms. The number of carbonyl (C=O) groups excluding carboxylic acids is 1. The quantitative estimate of drug-likeness (QED) is 0.829. The van der Waals surface area contributed by atoms with Crippen LogP contribution in [0.2, 0.25) is 0 Å². The van der Waals surface area contributed by atoms with Gasteiger partial charge in [0.1, 0.15) is 11.6 Å². The van der Waals surface area contributed by atoms with Crippen molar-refractivity contribution < 1.29 is 9.53 Å². The predicted molar refractivity (Wildman–Crippen MR) is 77.8 cm³/mol. The van der Waals surface area contributed by atoms with Gasteiger partial charge < -0.3 is 10.1 Å². The van der Waals surface area contributed by atoms with E-state index in [9.17, 15) is 4.79 Å². The molecule has 1 aromatic carbocycles. The number of nitrogens with one attached hydrogen (secondary N) is 1. The van der Waals surface area contributed by atoms with Crippen LogP contribution in [0.4, 0.5) is 0 Å². The SMILES string of the molecule is CC(C)C(NCc1ccccc1)C(=O)OC(C)(C)C. The molecule has 0 spiro atoms. The van der Waals surface area contributed by atoms with E-state index < -0.39 is 5.60 Å². The van der Waals surface area contributed by atoms with E-state index in [1.807, 2.05) is 65.0 Å². The third-order valence-corrected chi connectivity index (χ3v) is 2.70. The maximum absolute atomic E-state index is 12.1. The number of benzene rings is 1. The Morgan fingerprint density at radius 3 is 2.26 bits per heavy atom. The van der Waals surface area contributed by atoms with Crippen molar-refractivity contribution in [2.75, 3.05) is 0 Å². The van der Waals surface area contributed by atoms with Crippen molar-refractivity contribution in [3.63, 3.8) is 0 Å². The van der Waals surface area contributed by atoms with Crippen molar-refractivity contribution in [3.05, 3.63) is 35.9 Å². The van der Waals surface area contributed by atoms with Crippen LogP contribution in [0.3, 0.4) is 0 Å². The fourth-order valence-electron chi connectivity index (χ4n) is 1.78. The van der Waals surface area contributed by atoms with Crippen LogP contribution in [0.5, 0.6) is 0 Å².